The first-order valence-corrected chi connectivity index (χ1v) is 13.0. The fourth-order valence-electron chi connectivity index (χ4n) is 4.89. The SMILES string of the molecule is CCCNC(=O)[C@H]1N(C(=O)[C@@H](O)[C@H](Cc2ccccc2)NC(=O)c2cc(C)cc(O)c2C)CC(F)(F)C1(C)C. The Labute approximate surface area is 227 Å². The molecule has 0 saturated carbocycles. The molecule has 0 unspecified atom stereocenters. The first-order chi connectivity index (χ1) is 18.2. The second-order valence-corrected chi connectivity index (χ2v) is 10.8. The van der Waals surface area contributed by atoms with Crippen molar-refractivity contribution in [3.05, 3.63) is 64.7 Å². The lowest BCUT2D eigenvalue weighted by Crippen LogP contribution is -2.57. The molecule has 0 aromatic heterocycles. The number of likely N-dealkylation sites (tertiary alicyclic amines) is 1. The molecule has 212 valence electrons. The number of alkyl halides is 2. The third-order valence-corrected chi connectivity index (χ3v) is 7.41. The Bertz CT molecular complexity index is 1220. The molecule has 0 radical (unpaired) electrons. The van der Waals surface area contributed by atoms with Gasteiger partial charge in [-0.1, -0.05) is 51.1 Å². The minimum atomic E-state index is -3.40. The number of hydrogen-bond acceptors (Lipinski definition) is 5. The van der Waals surface area contributed by atoms with E-state index >= 15 is 8.78 Å². The van der Waals surface area contributed by atoms with Crippen LogP contribution in [0.5, 0.6) is 5.75 Å². The van der Waals surface area contributed by atoms with Crippen molar-refractivity contribution < 1.29 is 33.4 Å². The van der Waals surface area contributed by atoms with Crippen molar-refractivity contribution in [2.24, 2.45) is 5.41 Å². The van der Waals surface area contributed by atoms with Crippen molar-refractivity contribution in [1.82, 2.24) is 15.5 Å². The summed E-state index contributed by atoms with van der Waals surface area (Å²) < 4.78 is 30.2. The molecule has 2 aromatic rings. The van der Waals surface area contributed by atoms with Gasteiger partial charge in [0, 0.05) is 17.7 Å². The second-order valence-electron chi connectivity index (χ2n) is 10.8. The molecule has 8 nitrogen and oxygen atoms in total. The molecule has 1 heterocycles. The van der Waals surface area contributed by atoms with E-state index in [1.165, 1.54) is 19.9 Å². The lowest BCUT2D eigenvalue weighted by molar-refractivity contribution is -0.148. The molecule has 3 amide bonds. The predicted octanol–water partition coefficient (Wildman–Crippen LogP) is 3.11. The molecule has 1 aliphatic heterocycles. The molecule has 0 bridgehead atoms. The molecule has 2 aromatic carbocycles. The zero-order valence-corrected chi connectivity index (χ0v) is 22.9. The van der Waals surface area contributed by atoms with Crippen LogP contribution >= 0.6 is 0 Å². The Kier molecular flexibility index (Phi) is 9.00. The highest BCUT2D eigenvalue weighted by molar-refractivity contribution is 5.97. The van der Waals surface area contributed by atoms with E-state index in [4.69, 9.17) is 0 Å². The summed E-state index contributed by atoms with van der Waals surface area (Å²) in [5.74, 6) is -5.94. The van der Waals surface area contributed by atoms with E-state index < -0.39 is 53.8 Å². The standard InChI is InChI=1S/C29H37F2N3O5/c1-6-12-32-26(38)24-28(4,5)29(30,31)16-34(24)27(39)23(36)21(15-19-10-8-7-9-11-19)33-25(37)20-13-17(2)14-22(35)18(20)3/h7-11,13-14,21,23-24,35-36H,6,12,15-16H2,1-5H3,(H,32,38)(H,33,37)/t21-,23-,24+/m0/s1. The molecule has 4 N–H and O–H groups in total. The fraction of sp³-hybridized carbons (Fsp3) is 0.483. The van der Waals surface area contributed by atoms with E-state index in [1.807, 2.05) is 6.92 Å². The van der Waals surface area contributed by atoms with Crippen LogP contribution in [0.4, 0.5) is 8.78 Å². The quantitative estimate of drug-likeness (QED) is 0.386. The number of aliphatic hydroxyl groups excluding tert-OH is 1. The number of aryl methyl sites for hydroxylation is 1. The van der Waals surface area contributed by atoms with Gasteiger partial charge in [0.25, 0.3) is 17.7 Å². The molecular formula is C29H37F2N3O5. The van der Waals surface area contributed by atoms with E-state index in [1.54, 1.807) is 50.2 Å². The summed E-state index contributed by atoms with van der Waals surface area (Å²) >= 11 is 0. The number of benzene rings is 2. The van der Waals surface area contributed by atoms with E-state index in [2.05, 4.69) is 10.6 Å². The van der Waals surface area contributed by atoms with Gasteiger partial charge < -0.3 is 25.7 Å². The molecule has 1 saturated heterocycles. The normalized spacial score (nSPS) is 19.3. The van der Waals surface area contributed by atoms with Gasteiger partial charge in [0.2, 0.25) is 5.91 Å². The van der Waals surface area contributed by atoms with Crippen LogP contribution in [-0.2, 0) is 16.0 Å². The number of aliphatic hydroxyl groups is 1. The van der Waals surface area contributed by atoms with Crippen LogP contribution in [0.1, 0.15) is 54.2 Å². The molecule has 3 atom stereocenters. The van der Waals surface area contributed by atoms with Crippen LogP contribution in [0, 0.1) is 19.3 Å². The summed E-state index contributed by atoms with van der Waals surface area (Å²) in [6, 6.07) is 9.11. The van der Waals surface area contributed by atoms with Crippen molar-refractivity contribution in [3.8, 4) is 5.75 Å². The number of carbonyl (C=O) groups is 3. The van der Waals surface area contributed by atoms with Crippen LogP contribution in [0.15, 0.2) is 42.5 Å². The predicted molar refractivity (Wildman–Crippen MR) is 143 cm³/mol. The number of nitrogens with zero attached hydrogens (tertiary/aromatic N) is 1. The van der Waals surface area contributed by atoms with Crippen molar-refractivity contribution in [3.63, 3.8) is 0 Å². The van der Waals surface area contributed by atoms with Crippen LogP contribution in [0.25, 0.3) is 0 Å². The number of halogens is 2. The average molecular weight is 546 g/mol. The summed E-state index contributed by atoms with van der Waals surface area (Å²) in [5, 5.41) is 26.7. The number of hydrogen-bond donors (Lipinski definition) is 4. The van der Waals surface area contributed by atoms with Gasteiger partial charge in [0.1, 0.15) is 11.8 Å². The molecule has 39 heavy (non-hydrogen) atoms. The number of rotatable bonds is 9. The highest BCUT2D eigenvalue weighted by Crippen LogP contribution is 2.48. The van der Waals surface area contributed by atoms with Gasteiger partial charge in [-0.25, -0.2) is 8.78 Å². The maximum atomic E-state index is 15.1. The third kappa shape index (κ3) is 6.21. The van der Waals surface area contributed by atoms with Gasteiger partial charge in [-0.15, -0.1) is 0 Å². The lowest BCUT2D eigenvalue weighted by atomic mass is 9.81. The van der Waals surface area contributed by atoms with Gasteiger partial charge in [-0.2, -0.15) is 0 Å². The molecular weight excluding hydrogens is 508 g/mol. The molecule has 0 spiro atoms. The number of phenols is 1. The largest absolute Gasteiger partial charge is 0.508 e. The average Bonchev–Trinajstić information content (AvgIpc) is 3.07. The number of amides is 3. The maximum Gasteiger partial charge on any atom is 0.272 e. The first kappa shape index (κ1) is 30.0. The Hall–Kier alpha value is -3.53. The van der Waals surface area contributed by atoms with Gasteiger partial charge in [-0.05, 0) is 49.9 Å². The topological polar surface area (TPSA) is 119 Å². The highest BCUT2D eigenvalue weighted by atomic mass is 19.3. The summed E-state index contributed by atoms with van der Waals surface area (Å²) in [7, 11) is 0. The summed E-state index contributed by atoms with van der Waals surface area (Å²) in [4.78, 5) is 40.6. The highest BCUT2D eigenvalue weighted by Gasteiger charge is 2.64. The first-order valence-electron chi connectivity index (χ1n) is 13.0. The van der Waals surface area contributed by atoms with Gasteiger partial charge >= 0.3 is 0 Å². The smallest absolute Gasteiger partial charge is 0.272 e. The van der Waals surface area contributed by atoms with Crippen LogP contribution in [0.2, 0.25) is 0 Å². The second kappa shape index (κ2) is 11.7. The Morgan fingerprint density at radius 2 is 1.77 bits per heavy atom. The van der Waals surface area contributed by atoms with Crippen molar-refractivity contribution in [1.29, 1.82) is 0 Å². The summed E-state index contributed by atoms with van der Waals surface area (Å²) in [6.45, 7) is 6.72. The molecule has 3 rings (SSSR count). The number of aromatic hydroxyl groups is 1. The molecule has 10 heteroatoms. The number of nitrogens with one attached hydrogen (secondary N) is 2. The van der Waals surface area contributed by atoms with Crippen molar-refractivity contribution in [2.75, 3.05) is 13.1 Å². The fourth-order valence-corrected chi connectivity index (χ4v) is 4.89. The molecule has 0 aliphatic carbocycles. The summed E-state index contributed by atoms with van der Waals surface area (Å²) in [6.07, 6.45) is -1.35. The maximum absolute atomic E-state index is 15.1. The van der Waals surface area contributed by atoms with E-state index in [0.717, 1.165) is 4.90 Å². The van der Waals surface area contributed by atoms with Crippen LogP contribution in [0.3, 0.4) is 0 Å². The zero-order valence-electron chi connectivity index (χ0n) is 22.9. The Balaban J connectivity index is 1.96. The number of carbonyl (C=O) groups excluding carboxylic acids is 3. The molecule has 1 aliphatic rings. The molecule has 1 fully saturated rings. The van der Waals surface area contributed by atoms with Crippen molar-refractivity contribution >= 4 is 17.7 Å². The Morgan fingerprint density at radius 1 is 1.13 bits per heavy atom. The lowest BCUT2D eigenvalue weighted by Gasteiger charge is -2.34. The van der Waals surface area contributed by atoms with E-state index in [0.29, 0.717) is 23.1 Å². The summed E-state index contributed by atoms with van der Waals surface area (Å²) in [5.41, 5.74) is -0.124. The van der Waals surface area contributed by atoms with E-state index in [-0.39, 0.29) is 24.3 Å². The number of phenolic OH excluding ortho intramolecular Hbond substituents is 1. The van der Waals surface area contributed by atoms with Crippen molar-refractivity contribution in [2.45, 2.75) is 71.6 Å². The minimum absolute atomic E-state index is 0.0106. The minimum Gasteiger partial charge on any atom is -0.508 e. The van der Waals surface area contributed by atoms with Crippen LogP contribution < -0.4 is 10.6 Å². The van der Waals surface area contributed by atoms with Gasteiger partial charge in [-0.3, -0.25) is 14.4 Å². The van der Waals surface area contributed by atoms with E-state index in [9.17, 15) is 24.6 Å². The van der Waals surface area contributed by atoms with Gasteiger partial charge in [0.15, 0.2) is 6.10 Å². The Morgan fingerprint density at radius 3 is 2.38 bits per heavy atom. The van der Waals surface area contributed by atoms with Crippen LogP contribution in [-0.4, -0.2) is 70.0 Å². The monoisotopic (exact) mass is 545 g/mol. The van der Waals surface area contributed by atoms with Gasteiger partial charge in [0.05, 0.1) is 18.0 Å². The third-order valence-electron chi connectivity index (χ3n) is 7.41. The zero-order chi connectivity index (χ0) is 29.1.